The van der Waals surface area contributed by atoms with Crippen molar-refractivity contribution in [2.24, 2.45) is 0 Å². The highest BCUT2D eigenvalue weighted by Gasteiger charge is 2.05. The number of nitrogens with one attached hydrogen (secondary N) is 2. The molecule has 5 nitrogen and oxygen atoms in total. The maximum absolute atomic E-state index is 9.17. The van der Waals surface area contributed by atoms with E-state index in [0.717, 1.165) is 16.9 Å². The Kier molecular flexibility index (Phi) is 4.39. The first-order valence-electron chi connectivity index (χ1n) is 7.59. The predicted octanol–water partition coefficient (Wildman–Crippen LogP) is 4.45. The van der Waals surface area contributed by atoms with E-state index in [-0.39, 0.29) is 0 Å². The number of para-hydroxylation sites is 1. The van der Waals surface area contributed by atoms with Crippen molar-refractivity contribution in [1.29, 1.82) is 5.26 Å². The maximum atomic E-state index is 9.17. The lowest BCUT2D eigenvalue weighted by atomic mass is 10.1. The topological polar surface area (TPSA) is 73.6 Å². The fourth-order valence-electron chi connectivity index (χ4n) is 2.31. The van der Waals surface area contributed by atoms with Gasteiger partial charge in [-0.25, -0.2) is 4.98 Å². The Bertz CT molecular complexity index is 912. The van der Waals surface area contributed by atoms with Gasteiger partial charge >= 0.3 is 0 Å². The van der Waals surface area contributed by atoms with E-state index in [1.54, 1.807) is 18.3 Å². The van der Waals surface area contributed by atoms with Crippen LogP contribution in [0.4, 0.5) is 23.1 Å². The molecule has 5 heteroatoms. The Labute approximate surface area is 141 Å². The van der Waals surface area contributed by atoms with Crippen LogP contribution < -0.4 is 10.6 Å². The van der Waals surface area contributed by atoms with Crippen molar-refractivity contribution in [2.45, 2.75) is 13.8 Å². The zero-order chi connectivity index (χ0) is 16.9. The van der Waals surface area contributed by atoms with E-state index in [9.17, 15) is 0 Å². The third kappa shape index (κ3) is 3.50. The average Bonchev–Trinajstić information content (AvgIpc) is 2.59. The van der Waals surface area contributed by atoms with Crippen molar-refractivity contribution in [1.82, 2.24) is 9.97 Å². The van der Waals surface area contributed by atoms with Gasteiger partial charge < -0.3 is 10.6 Å². The summed E-state index contributed by atoms with van der Waals surface area (Å²) in [7, 11) is 0. The lowest BCUT2D eigenvalue weighted by Gasteiger charge is -2.11. The number of hydrogen-bond donors (Lipinski definition) is 2. The van der Waals surface area contributed by atoms with Gasteiger partial charge in [-0.3, -0.25) is 0 Å². The van der Waals surface area contributed by atoms with Gasteiger partial charge in [-0.15, -0.1) is 0 Å². The smallest absolute Gasteiger partial charge is 0.229 e. The zero-order valence-corrected chi connectivity index (χ0v) is 13.5. The molecule has 3 rings (SSSR count). The van der Waals surface area contributed by atoms with Gasteiger partial charge in [0.25, 0.3) is 0 Å². The van der Waals surface area contributed by atoms with Gasteiger partial charge in [-0.2, -0.15) is 10.2 Å². The summed E-state index contributed by atoms with van der Waals surface area (Å²) in [5.74, 6) is 1.13. The molecule has 1 aromatic heterocycles. The first kappa shape index (κ1) is 15.5. The third-order valence-electron chi connectivity index (χ3n) is 3.61. The first-order valence-corrected chi connectivity index (χ1v) is 7.59. The Balaban J connectivity index is 1.84. The number of rotatable bonds is 4. The van der Waals surface area contributed by atoms with Crippen molar-refractivity contribution >= 4 is 23.1 Å². The second kappa shape index (κ2) is 6.80. The van der Waals surface area contributed by atoms with Gasteiger partial charge in [0.05, 0.1) is 11.3 Å². The van der Waals surface area contributed by atoms with Crippen LogP contribution in [-0.2, 0) is 0 Å². The number of benzene rings is 2. The van der Waals surface area contributed by atoms with Crippen LogP contribution in [-0.4, -0.2) is 9.97 Å². The molecule has 0 aliphatic rings. The highest BCUT2D eigenvalue weighted by molar-refractivity contribution is 5.66. The molecule has 0 amide bonds. The number of anilines is 4. The van der Waals surface area contributed by atoms with E-state index < -0.39 is 0 Å². The lowest BCUT2D eigenvalue weighted by Crippen LogP contribution is -2.02. The van der Waals surface area contributed by atoms with Crippen LogP contribution in [0.2, 0.25) is 0 Å². The van der Waals surface area contributed by atoms with Crippen molar-refractivity contribution in [2.75, 3.05) is 10.6 Å². The molecular weight excluding hydrogens is 298 g/mol. The molecule has 24 heavy (non-hydrogen) atoms. The minimum absolute atomic E-state index is 0.503. The molecule has 0 saturated carbocycles. The summed E-state index contributed by atoms with van der Waals surface area (Å²) in [6.45, 7) is 4.08. The Morgan fingerprint density at radius 1 is 0.958 bits per heavy atom. The van der Waals surface area contributed by atoms with Crippen molar-refractivity contribution < 1.29 is 0 Å². The molecule has 0 unspecified atom stereocenters. The van der Waals surface area contributed by atoms with Gasteiger partial charge in [0.1, 0.15) is 11.9 Å². The summed E-state index contributed by atoms with van der Waals surface area (Å²) in [5, 5.41) is 15.6. The van der Waals surface area contributed by atoms with Crippen LogP contribution in [0, 0.1) is 25.2 Å². The predicted molar refractivity (Wildman–Crippen MR) is 95.7 cm³/mol. The summed E-state index contributed by atoms with van der Waals surface area (Å²) in [6, 6.07) is 17.4. The highest BCUT2D eigenvalue weighted by atomic mass is 15.1. The lowest BCUT2D eigenvalue weighted by molar-refractivity contribution is 1.16. The van der Waals surface area contributed by atoms with Gasteiger partial charge in [0.2, 0.25) is 5.95 Å². The molecule has 0 aliphatic carbocycles. The summed E-state index contributed by atoms with van der Waals surface area (Å²) in [6.07, 6.45) is 1.68. The minimum atomic E-state index is 0.503. The largest absolute Gasteiger partial charge is 0.339 e. The number of aryl methyl sites for hydroxylation is 2. The highest BCUT2D eigenvalue weighted by Crippen LogP contribution is 2.22. The molecule has 3 aromatic rings. The number of nitriles is 1. The normalized spacial score (nSPS) is 10.0. The number of hydrogen-bond acceptors (Lipinski definition) is 5. The molecule has 0 atom stereocenters. The SMILES string of the molecule is Cc1ccc(C)c(Nc2nccc(Nc3ccccc3C#N)n2)c1. The Hall–Kier alpha value is -3.39. The monoisotopic (exact) mass is 315 g/mol. The molecule has 118 valence electrons. The van der Waals surface area contributed by atoms with E-state index in [0.29, 0.717) is 17.3 Å². The zero-order valence-electron chi connectivity index (χ0n) is 13.5. The molecule has 0 radical (unpaired) electrons. The molecule has 0 saturated heterocycles. The summed E-state index contributed by atoms with van der Waals surface area (Å²) in [5.41, 5.74) is 4.55. The van der Waals surface area contributed by atoms with Crippen LogP contribution in [0.15, 0.2) is 54.7 Å². The summed E-state index contributed by atoms with van der Waals surface area (Å²) >= 11 is 0. The molecule has 2 N–H and O–H groups in total. The average molecular weight is 315 g/mol. The molecular formula is C19H17N5. The molecule has 0 bridgehead atoms. The van der Waals surface area contributed by atoms with Crippen molar-refractivity contribution in [3.63, 3.8) is 0 Å². The quantitative estimate of drug-likeness (QED) is 0.744. The van der Waals surface area contributed by atoms with E-state index in [4.69, 9.17) is 5.26 Å². The molecule has 0 fully saturated rings. The van der Waals surface area contributed by atoms with Crippen LogP contribution in [0.25, 0.3) is 0 Å². The Morgan fingerprint density at radius 3 is 2.62 bits per heavy atom. The third-order valence-corrected chi connectivity index (χ3v) is 3.61. The van der Waals surface area contributed by atoms with Crippen molar-refractivity contribution in [3.05, 3.63) is 71.4 Å². The van der Waals surface area contributed by atoms with Crippen LogP contribution in [0.5, 0.6) is 0 Å². The number of nitrogens with zero attached hydrogens (tertiary/aromatic N) is 3. The van der Waals surface area contributed by atoms with Gasteiger partial charge in [0, 0.05) is 11.9 Å². The van der Waals surface area contributed by atoms with E-state index in [1.807, 2.05) is 32.0 Å². The van der Waals surface area contributed by atoms with Crippen LogP contribution >= 0.6 is 0 Å². The van der Waals surface area contributed by atoms with Gasteiger partial charge in [-0.1, -0.05) is 24.3 Å². The first-order chi connectivity index (χ1) is 11.7. The number of aromatic nitrogens is 2. The van der Waals surface area contributed by atoms with Gasteiger partial charge in [0.15, 0.2) is 0 Å². The second-order valence-electron chi connectivity index (χ2n) is 5.49. The summed E-state index contributed by atoms with van der Waals surface area (Å²) in [4.78, 5) is 8.73. The van der Waals surface area contributed by atoms with Crippen molar-refractivity contribution in [3.8, 4) is 6.07 Å². The van der Waals surface area contributed by atoms with Crippen LogP contribution in [0.3, 0.4) is 0 Å². The molecule has 0 aliphatic heterocycles. The molecule has 1 heterocycles. The molecule has 2 aromatic carbocycles. The van der Waals surface area contributed by atoms with E-state index >= 15 is 0 Å². The van der Waals surface area contributed by atoms with E-state index in [1.165, 1.54) is 5.56 Å². The van der Waals surface area contributed by atoms with E-state index in [2.05, 4.69) is 44.9 Å². The standard InChI is InChI=1S/C19H17N5/c1-13-7-8-14(2)17(11-13)23-19-21-10-9-18(24-19)22-16-6-4-3-5-15(16)12-20/h3-11H,1-2H3,(H2,21,22,23,24). The fraction of sp³-hybridized carbons (Fsp3) is 0.105. The van der Waals surface area contributed by atoms with Gasteiger partial charge in [-0.05, 0) is 49.2 Å². The second-order valence-corrected chi connectivity index (χ2v) is 5.49. The van der Waals surface area contributed by atoms with Crippen LogP contribution in [0.1, 0.15) is 16.7 Å². The molecule has 0 spiro atoms. The minimum Gasteiger partial charge on any atom is -0.339 e. The summed E-state index contributed by atoms with van der Waals surface area (Å²) < 4.78 is 0. The fourth-order valence-corrected chi connectivity index (χ4v) is 2.31. The Morgan fingerprint density at radius 2 is 1.79 bits per heavy atom. The maximum Gasteiger partial charge on any atom is 0.229 e.